The summed E-state index contributed by atoms with van der Waals surface area (Å²) in [6, 6.07) is 0. The van der Waals surface area contributed by atoms with Gasteiger partial charge >= 0.3 is 0 Å². The van der Waals surface area contributed by atoms with E-state index in [1.807, 2.05) is 12.3 Å². The van der Waals surface area contributed by atoms with Crippen LogP contribution < -0.4 is 11.1 Å². The number of nitrogens with one attached hydrogen (secondary N) is 1. The van der Waals surface area contributed by atoms with Crippen molar-refractivity contribution in [3.63, 3.8) is 0 Å². The number of amidine groups is 1. The van der Waals surface area contributed by atoms with Crippen LogP contribution >= 0.6 is 11.6 Å². The van der Waals surface area contributed by atoms with Crippen LogP contribution in [0.5, 0.6) is 0 Å². The van der Waals surface area contributed by atoms with Gasteiger partial charge in [0.05, 0.1) is 11.9 Å². The molecule has 3 nitrogen and oxygen atoms in total. The molecular formula is C7H12ClN3. The molecule has 1 aliphatic heterocycles. The summed E-state index contributed by atoms with van der Waals surface area (Å²) in [5, 5.41) is 2.98. The zero-order valence-corrected chi connectivity index (χ0v) is 7.01. The lowest BCUT2D eigenvalue weighted by atomic mass is 10.2. The van der Waals surface area contributed by atoms with E-state index in [2.05, 4.69) is 10.3 Å². The van der Waals surface area contributed by atoms with Gasteiger partial charge in [-0.25, -0.2) is 0 Å². The third-order valence-electron chi connectivity index (χ3n) is 1.40. The highest BCUT2D eigenvalue weighted by atomic mass is 35.5. The number of aliphatic imine (C=N–C) groups is 1. The number of alkyl halides is 1. The SMILES string of the molecule is NCCN=C1NC=CCC1Cl. The zero-order chi connectivity index (χ0) is 8.10. The Labute approximate surface area is 71.3 Å². The van der Waals surface area contributed by atoms with Gasteiger partial charge in [0.25, 0.3) is 0 Å². The van der Waals surface area contributed by atoms with Gasteiger partial charge in [0.15, 0.2) is 0 Å². The molecule has 3 N–H and O–H groups in total. The Balaban J connectivity index is 2.49. The van der Waals surface area contributed by atoms with Crippen molar-refractivity contribution in [3.05, 3.63) is 12.3 Å². The van der Waals surface area contributed by atoms with Crippen LogP contribution in [-0.4, -0.2) is 24.3 Å². The Morgan fingerprint density at radius 2 is 2.64 bits per heavy atom. The number of allylic oxidation sites excluding steroid dienone is 1. The predicted molar refractivity (Wildman–Crippen MR) is 47.9 cm³/mol. The summed E-state index contributed by atoms with van der Waals surface area (Å²) in [6.07, 6.45) is 4.69. The number of rotatable bonds is 2. The van der Waals surface area contributed by atoms with Crippen molar-refractivity contribution in [2.45, 2.75) is 11.8 Å². The van der Waals surface area contributed by atoms with Gasteiger partial charge < -0.3 is 11.1 Å². The van der Waals surface area contributed by atoms with Gasteiger partial charge in [0.1, 0.15) is 5.84 Å². The van der Waals surface area contributed by atoms with Gasteiger partial charge in [0, 0.05) is 6.54 Å². The highest BCUT2D eigenvalue weighted by Crippen LogP contribution is 2.07. The lowest BCUT2D eigenvalue weighted by Crippen LogP contribution is -2.31. The van der Waals surface area contributed by atoms with Crippen molar-refractivity contribution in [1.29, 1.82) is 0 Å². The van der Waals surface area contributed by atoms with Crippen LogP contribution in [0.25, 0.3) is 0 Å². The van der Waals surface area contributed by atoms with Crippen LogP contribution in [0, 0.1) is 0 Å². The van der Waals surface area contributed by atoms with E-state index in [0.29, 0.717) is 13.1 Å². The van der Waals surface area contributed by atoms with Gasteiger partial charge in [0.2, 0.25) is 0 Å². The first-order valence-electron chi connectivity index (χ1n) is 3.64. The molecule has 1 atom stereocenters. The minimum absolute atomic E-state index is 0.00782. The minimum Gasteiger partial charge on any atom is -0.350 e. The maximum absolute atomic E-state index is 5.93. The van der Waals surface area contributed by atoms with Gasteiger partial charge in [-0.05, 0) is 12.6 Å². The molecule has 0 bridgehead atoms. The standard InChI is InChI=1S/C7H12ClN3/c8-6-2-1-4-10-7(6)11-5-3-9/h1,4,6H,2-3,5,9H2,(H,10,11). The molecule has 1 rings (SSSR count). The molecule has 0 radical (unpaired) electrons. The molecule has 0 aromatic rings. The molecule has 0 amide bonds. The molecule has 1 unspecified atom stereocenters. The predicted octanol–water partition coefficient (Wildman–Crippen LogP) is 0.458. The molecule has 0 saturated carbocycles. The lowest BCUT2D eigenvalue weighted by molar-refractivity contribution is 0.920. The monoisotopic (exact) mass is 173 g/mol. The molecule has 1 aliphatic rings. The fourth-order valence-corrected chi connectivity index (χ4v) is 1.10. The van der Waals surface area contributed by atoms with Gasteiger partial charge in [-0.15, -0.1) is 11.6 Å². The molecule has 11 heavy (non-hydrogen) atoms. The summed E-state index contributed by atoms with van der Waals surface area (Å²) in [4.78, 5) is 4.18. The molecule has 62 valence electrons. The van der Waals surface area contributed by atoms with Crippen molar-refractivity contribution < 1.29 is 0 Å². The summed E-state index contributed by atoms with van der Waals surface area (Å²) >= 11 is 5.93. The minimum atomic E-state index is -0.00782. The molecule has 4 heteroatoms. The summed E-state index contributed by atoms with van der Waals surface area (Å²) in [5.74, 6) is 0.833. The van der Waals surface area contributed by atoms with Crippen molar-refractivity contribution >= 4 is 17.4 Å². The zero-order valence-electron chi connectivity index (χ0n) is 6.26. The van der Waals surface area contributed by atoms with E-state index in [4.69, 9.17) is 17.3 Å². The first-order chi connectivity index (χ1) is 5.34. The van der Waals surface area contributed by atoms with Crippen LogP contribution in [0.4, 0.5) is 0 Å². The van der Waals surface area contributed by atoms with Crippen LogP contribution in [0.15, 0.2) is 17.3 Å². The molecular weight excluding hydrogens is 162 g/mol. The number of nitrogens with zero attached hydrogens (tertiary/aromatic N) is 1. The first-order valence-corrected chi connectivity index (χ1v) is 4.08. The number of hydrogen-bond acceptors (Lipinski definition) is 2. The van der Waals surface area contributed by atoms with E-state index in [1.54, 1.807) is 0 Å². The fraction of sp³-hybridized carbons (Fsp3) is 0.571. The molecule has 0 saturated heterocycles. The maximum atomic E-state index is 5.93. The van der Waals surface area contributed by atoms with Crippen molar-refractivity contribution in [2.75, 3.05) is 13.1 Å². The number of halogens is 1. The Hall–Kier alpha value is -0.540. The molecule has 0 spiro atoms. The molecule has 0 aromatic heterocycles. The van der Waals surface area contributed by atoms with Crippen molar-refractivity contribution in [1.82, 2.24) is 5.32 Å². The Kier molecular flexibility index (Phi) is 3.39. The van der Waals surface area contributed by atoms with Gasteiger partial charge in [-0.3, -0.25) is 4.99 Å². The van der Waals surface area contributed by atoms with Crippen LogP contribution in [0.3, 0.4) is 0 Å². The second-order valence-corrected chi connectivity index (χ2v) is 2.83. The van der Waals surface area contributed by atoms with Crippen molar-refractivity contribution in [3.8, 4) is 0 Å². The molecule has 0 fully saturated rings. The Morgan fingerprint density at radius 3 is 3.27 bits per heavy atom. The van der Waals surface area contributed by atoms with E-state index in [1.165, 1.54) is 0 Å². The molecule has 0 aromatic carbocycles. The summed E-state index contributed by atoms with van der Waals surface area (Å²) < 4.78 is 0. The Morgan fingerprint density at radius 1 is 1.82 bits per heavy atom. The first kappa shape index (κ1) is 8.56. The quantitative estimate of drug-likeness (QED) is 0.596. The normalized spacial score (nSPS) is 27.1. The van der Waals surface area contributed by atoms with Gasteiger partial charge in [-0.2, -0.15) is 0 Å². The smallest absolute Gasteiger partial charge is 0.119 e. The highest BCUT2D eigenvalue weighted by molar-refractivity contribution is 6.32. The third-order valence-corrected chi connectivity index (χ3v) is 1.78. The Bertz CT molecular complexity index is 177. The topological polar surface area (TPSA) is 50.4 Å². The lowest BCUT2D eigenvalue weighted by Gasteiger charge is -2.15. The third kappa shape index (κ3) is 2.52. The molecule has 1 heterocycles. The fourth-order valence-electron chi connectivity index (χ4n) is 0.864. The average Bonchev–Trinajstić information content (AvgIpc) is 2.03. The van der Waals surface area contributed by atoms with Crippen LogP contribution in [0.1, 0.15) is 6.42 Å². The number of nitrogens with two attached hydrogens (primary N) is 1. The van der Waals surface area contributed by atoms with E-state index >= 15 is 0 Å². The van der Waals surface area contributed by atoms with Crippen molar-refractivity contribution in [2.24, 2.45) is 10.7 Å². The van der Waals surface area contributed by atoms with Gasteiger partial charge in [-0.1, -0.05) is 6.08 Å². The second-order valence-electron chi connectivity index (χ2n) is 2.31. The average molecular weight is 174 g/mol. The summed E-state index contributed by atoms with van der Waals surface area (Å²) in [5.41, 5.74) is 5.30. The highest BCUT2D eigenvalue weighted by Gasteiger charge is 2.12. The van der Waals surface area contributed by atoms with Crippen LogP contribution in [-0.2, 0) is 0 Å². The number of hydrogen-bond donors (Lipinski definition) is 2. The van der Waals surface area contributed by atoms with Crippen LogP contribution in [0.2, 0.25) is 0 Å². The van der Waals surface area contributed by atoms with E-state index < -0.39 is 0 Å². The maximum Gasteiger partial charge on any atom is 0.119 e. The molecule has 0 aliphatic carbocycles. The van der Waals surface area contributed by atoms with E-state index in [-0.39, 0.29) is 5.38 Å². The van der Waals surface area contributed by atoms with E-state index in [0.717, 1.165) is 12.3 Å². The second kappa shape index (κ2) is 4.36. The summed E-state index contributed by atoms with van der Waals surface area (Å²) in [7, 11) is 0. The largest absolute Gasteiger partial charge is 0.350 e. The van der Waals surface area contributed by atoms with E-state index in [9.17, 15) is 0 Å². The summed E-state index contributed by atoms with van der Waals surface area (Å²) in [6.45, 7) is 1.21.